The highest BCUT2D eigenvalue weighted by Crippen LogP contribution is 2.22. The Morgan fingerprint density at radius 2 is 1.80 bits per heavy atom. The molecule has 2 N–H and O–H groups in total. The van der Waals surface area contributed by atoms with Crippen LogP contribution >= 0.6 is 35.4 Å². The normalized spacial score (nSPS) is 10.7. The van der Waals surface area contributed by atoms with Gasteiger partial charge in [0.05, 0.1) is 6.54 Å². The van der Waals surface area contributed by atoms with E-state index in [4.69, 9.17) is 35.4 Å². The number of anilines is 1. The molecule has 3 rings (SSSR count). The molecule has 156 valence electrons. The predicted molar refractivity (Wildman–Crippen MR) is 119 cm³/mol. The Balaban J connectivity index is 1.67. The predicted octanol–water partition coefficient (Wildman–Crippen LogP) is 4.14. The van der Waals surface area contributed by atoms with Crippen LogP contribution < -0.4 is 10.6 Å². The molecular weight excluding hydrogens is 445 g/mol. The van der Waals surface area contributed by atoms with E-state index in [1.54, 1.807) is 35.9 Å². The van der Waals surface area contributed by atoms with Crippen molar-refractivity contribution in [1.29, 1.82) is 0 Å². The molecule has 1 aromatic heterocycles. The molecule has 30 heavy (non-hydrogen) atoms. The second-order valence-corrected chi connectivity index (χ2v) is 7.86. The largest absolute Gasteiger partial charge is 0.345 e. The van der Waals surface area contributed by atoms with Crippen molar-refractivity contribution in [3.63, 3.8) is 0 Å². The number of hydrogen-bond donors (Lipinski definition) is 2. The molecule has 0 saturated carbocycles. The fourth-order valence-electron chi connectivity index (χ4n) is 2.83. The molecule has 0 aliphatic carbocycles. The van der Waals surface area contributed by atoms with Crippen molar-refractivity contribution in [2.75, 3.05) is 5.32 Å². The summed E-state index contributed by atoms with van der Waals surface area (Å²) >= 11 is 17.3. The summed E-state index contributed by atoms with van der Waals surface area (Å²) in [5.74, 6) is -0.0114. The van der Waals surface area contributed by atoms with E-state index in [-0.39, 0.29) is 24.9 Å². The van der Waals surface area contributed by atoms with Gasteiger partial charge in [-0.2, -0.15) is 5.10 Å². The van der Waals surface area contributed by atoms with Crippen LogP contribution in [0.4, 0.5) is 5.69 Å². The average Bonchev–Trinajstić information content (AvgIpc) is 2.93. The molecule has 10 heteroatoms. The molecule has 2 amide bonds. The van der Waals surface area contributed by atoms with Crippen molar-refractivity contribution in [1.82, 2.24) is 19.7 Å². The molecular formula is C20H19Cl2N5O2S. The zero-order valence-electron chi connectivity index (χ0n) is 16.3. The molecule has 0 aliphatic rings. The lowest BCUT2D eigenvalue weighted by molar-refractivity contribution is -0.116. The lowest BCUT2D eigenvalue weighted by atomic mass is 10.1. The van der Waals surface area contributed by atoms with Crippen molar-refractivity contribution in [3.05, 3.63) is 74.2 Å². The van der Waals surface area contributed by atoms with Gasteiger partial charge in [-0.05, 0) is 49.0 Å². The van der Waals surface area contributed by atoms with E-state index in [1.165, 1.54) is 4.68 Å². The third kappa shape index (κ3) is 5.27. The standard InChI is InChI=1S/C20H19Cl2N5O2S/c1-12-5-3-4-6-16(12)19(29)23-10-17-25-27(20(30)26(17)2)11-18(28)24-15-8-13(21)7-14(22)9-15/h3-9H,10-11H2,1-2H3,(H,23,29)(H,24,28). The summed E-state index contributed by atoms with van der Waals surface area (Å²) in [6.07, 6.45) is 0. The maximum atomic E-state index is 12.4. The fraction of sp³-hybridized carbons (Fsp3) is 0.200. The quantitative estimate of drug-likeness (QED) is 0.538. The number of nitrogens with zero attached hydrogens (tertiary/aromatic N) is 3. The molecule has 1 heterocycles. The first kappa shape index (κ1) is 22.0. The first-order chi connectivity index (χ1) is 14.2. The molecule has 0 atom stereocenters. The number of carbonyl (C=O) groups is 2. The SMILES string of the molecule is Cc1ccccc1C(=O)NCc1nn(CC(=O)Nc2cc(Cl)cc(Cl)c2)c(=S)n1C. The van der Waals surface area contributed by atoms with E-state index in [0.29, 0.717) is 31.9 Å². The highest BCUT2D eigenvalue weighted by Gasteiger charge is 2.14. The summed E-state index contributed by atoms with van der Waals surface area (Å²) in [5, 5.41) is 10.7. The van der Waals surface area contributed by atoms with Crippen LogP contribution in [0.15, 0.2) is 42.5 Å². The van der Waals surface area contributed by atoms with Gasteiger partial charge in [0, 0.05) is 28.3 Å². The number of amides is 2. The second kappa shape index (κ2) is 9.42. The van der Waals surface area contributed by atoms with Crippen molar-refractivity contribution in [2.24, 2.45) is 7.05 Å². The Hall–Kier alpha value is -2.68. The first-order valence-corrected chi connectivity index (χ1v) is 10.1. The summed E-state index contributed by atoms with van der Waals surface area (Å²) < 4.78 is 3.40. The van der Waals surface area contributed by atoms with Crippen LogP contribution in [-0.4, -0.2) is 26.2 Å². The van der Waals surface area contributed by atoms with E-state index < -0.39 is 0 Å². The maximum absolute atomic E-state index is 12.4. The maximum Gasteiger partial charge on any atom is 0.251 e. The van der Waals surface area contributed by atoms with Gasteiger partial charge >= 0.3 is 0 Å². The zero-order valence-corrected chi connectivity index (χ0v) is 18.6. The molecule has 0 saturated heterocycles. The number of aryl methyl sites for hydroxylation is 1. The van der Waals surface area contributed by atoms with Crippen LogP contribution in [-0.2, 0) is 24.9 Å². The van der Waals surface area contributed by atoms with E-state index in [9.17, 15) is 9.59 Å². The highest BCUT2D eigenvalue weighted by molar-refractivity contribution is 7.71. The van der Waals surface area contributed by atoms with Gasteiger partial charge in [-0.1, -0.05) is 41.4 Å². The summed E-state index contributed by atoms with van der Waals surface area (Å²) in [4.78, 5) is 24.8. The van der Waals surface area contributed by atoms with Gasteiger partial charge in [-0.3, -0.25) is 9.59 Å². The minimum Gasteiger partial charge on any atom is -0.345 e. The zero-order chi connectivity index (χ0) is 21.8. The molecule has 3 aromatic rings. The van der Waals surface area contributed by atoms with E-state index in [0.717, 1.165) is 5.56 Å². The summed E-state index contributed by atoms with van der Waals surface area (Å²) in [6, 6.07) is 12.1. The Morgan fingerprint density at radius 3 is 2.47 bits per heavy atom. The van der Waals surface area contributed by atoms with Gasteiger partial charge in [0.15, 0.2) is 10.6 Å². The Morgan fingerprint density at radius 1 is 1.13 bits per heavy atom. The monoisotopic (exact) mass is 463 g/mol. The number of aromatic nitrogens is 3. The van der Waals surface area contributed by atoms with Crippen molar-refractivity contribution < 1.29 is 9.59 Å². The highest BCUT2D eigenvalue weighted by atomic mass is 35.5. The molecule has 0 fully saturated rings. The minimum absolute atomic E-state index is 0.0947. The van der Waals surface area contributed by atoms with E-state index in [2.05, 4.69) is 15.7 Å². The second-order valence-electron chi connectivity index (χ2n) is 6.62. The van der Waals surface area contributed by atoms with Gasteiger partial charge in [-0.15, -0.1) is 0 Å². The van der Waals surface area contributed by atoms with Crippen LogP contribution in [0.25, 0.3) is 0 Å². The number of halogens is 2. The summed E-state index contributed by atoms with van der Waals surface area (Å²) in [6.45, 7) is 1.95. The topological polar surface area (TPSA) is 80.9 Å². The number of hydrogen-bond acceptors (Lipinski definition) is 4. The van der Waals surface area contributed by atoms with Gasteiger partial charge in [-0.25, -0.2) is 4.68 Å². The minimum atomic E-state index is -0.335. The Labute approximate surface area is 188 Å². The Bertz CT molecular complexity index is 1150. The van der Waals surface area contributed by atoms with Gasteiger partial charge in [0.25, 0.3) is 5.91 Å². The first-order valence-electron chi connectivity index (χ1n) is 8.97. The molecule has 0 bridgehead atoms. The van der Waals surface area contributed by atoms with Crippen molar-refractivity contribution in [3.8, 4) is 0 Å². The van der Waals surface area contributed by atoms with Gasteiger partial charge in [0.2, 0.25) is 5.91 Å². The number of benzene rings is 2. The fourth-order valence-corrected chi connectivity index (χ4v) is 3.57. The van der Waals surface area contributed by atoms with Gasteiger partial charge in [0.1, 0.15) is 6.54 Å². The molecule has 0 unspecified atom stereocenters. The van der Waals surface area contributed by atoms with Crippen LogP contribution in [0.5, 0.6) is 0 Å². The smallest absolute Gasteiger partial charge is 0.251 e. The molecule has 0 aliphatic heterocycles. The lowest BCUT2D eigenvalue weighted by Gasteiger charge is -2.07. The third-order valence-corrected chi connectivity index (χ3v) is 5.29. The van der Waals surface area contributed by atoms with Crippen molar-refractivity contribution >= 4 is 52.9 Å². The van der Waals surface area contributed by atoms with Crippen LogP contribution in [0.2, 0.25) is 10.0 Å². The van der Waals surface area contributed by atoms with E-state index in [1.807, 2.05) is 25.1 Å². The molecule has 0 radical (unpaired) electrons. The average molecular weight is 464 g/mol. The number of carbonyl (C=O) groups excluding carboxylic acids is 2. The molecule has 2 aromatic carbocycles. The molecule has 7 nitrogen and oxygen atoms in total. The number of rotatable bonds is 6. The Kier molecular flexibility index (Phi) is 6.91. The molecule has 0 spiro atoms. The lowest BCUT2D eigenvalue weighted by Crippen LogP contribution is -2.25. The van der Waals surface area contributed by atoms with Crippen LogP contribution in [0.3, 0.4) is 0 Å². The van der Waals surface area contributed by atoms with E-state index >= 15 is 0 Å². The van der Waals surface area contributed by atoms with Crippen LogP contribution in [0.1, 0.15) is 21.7 Å². The van der Waals surface area contributed by atoms with Gasteiger partial charge < -0.3 is 15.2 Å². The summed E-state index contributed by atoms with van der Waals surface area (Å²) in [5.41, 5.74) is 1.95. The summed E-state index contributed by atoms with van der Waals surface area (Å²) in [7, 11) is 1.73. The van der Waals surface area contributed by atoms with Crippen LogP contribution in [0, 0.1) is 11.7 Å². The number of nitrogens with one attached hydrogen (secondary N) is 2. The van der Waals surface area contributed by atoms with Crippen molar-refractivity contribution in [2.45, 2.75) is 20.0 Å². The third-order valence-electron chi connectivity index (χ3n) is 4.37.